The molecule has 8 nitrogen and oxygen atoms in total. The maximum absolute atomic E-state index is 13.4. The van der Waals surface area contributed by atoms with Gasteiger partial charge in [-0.25, -0.2) is 14.4 Å². The number of hydroxylamine groups is 2. The Hall–Kier alpha value is -3.30. The van der Waals surface area contributed by atoms with Crippen molar-refractivity contribution in [1.82, 2.24) is 19.9 Å². The Kier molecular flexibility index (Phi) is 5.61. The summed E-state index contributed by atoms with van der Waals surface area (Å²) in [7, 11) is 3.79. The van der Waals surface area contributed by atoms with Crippen LogP contribution < -0.4 is 5.32 Å². The molecule has 2 aliphatic heterocycles. The van der Waals surface area contributed by atoms with E-state index < -0.39 is 5.91 Å². The lowest BCUT2D eigenvalue weighted by Crippen LogP contribution is -2.53. The number of nitrogens with one attached hydrogen (secondary N) is 1. The van der Waals surface area contributed by atoms with Crippen LogP contribution in [0.4, 0.5) is 4.39 Å². The average Bonchev–Trinajstić information content (AvgIpc) is 3.37. The van der Waals surface area contributed by atoms with Crippen molar-refractivity contribution in [1.29, 1.82) is 0 Å². The third-order valence-corrected chi connectivity index (χ3v) is 7.36. The van der Waals surface area contributed by atoms with E-state index in [1.807, 2.05) is 0 Å². The molecular weight excluding hydrogens is 437 g/mol. The molecule has 5 rings (SSSR count). The number of benzene rings is 1. The van der Waals surface area contributed by atoms with Gasteiger partial charge >= 0.3 is 0 Å². The van der Waals surface area contributed by atoms with Crippen LogP contribution in [-0.4, -0.2) is 69.3 Å². The minimum Gasteiger partial charge on any atom is -0.354 e. The molecule has 2 N–H and O–H groups in total. The lowest BCUT2D eigenvalue weighted by Gasteiger charge is -2.35. The molecule has 3 aromatic rings. The molecule has 0 aliphatic carbocycles. The van der Waals surface area contributed by atoms with Gasteiger partial charge in [-0.15, -0.1) is 0 Å². The number of fused-ring (bicyclic) bond motifs is 3. The van der Waals surface area contributed by atoms with Crippen molar-refractivity contribution < 1.29 is 23.7 Å². The Morgan fingerprint density at radius 1 is 1.32 bits per heavy atom. The van der Waals surface area contributed by atoms with Crippen LogP contribution in [0.1, 0.15) is 40.0 Å². The third-order valence-electron chi connectivity index (χ3n) is 7.36. The fourth-order valence-electron chi connectivity index (χ4n) is 5.62. The number of carbonyl (C=O) groups is 2. The zero-order valence-electron chi connectivity index (χ0n) is 19.4. The number of nitrogens with zero attached hydrogens (tertiary/aromatic N) is 4. The maximum atomic E-state index is 13.4. The molecule has 0 saturated carbocycles. The number of hydrogen-bond donors (Lipinski definition) is 2. The summed E-state index contributed by atoms with van der Waals surface area (Å²) in [6, 6.07) is 6.28. The molecule has 0 bridgehead atoms. The number of carbonyl (C=O) groups excluding carboxylic acids is 2. The summed E-state index contributed by atoms with van der Waals surface area (Å²) in [5, 5.41) is 14.4. The quantitative estimate of drug-likeness (QED) is 0.447. The molecular formula is C25H29FN5O3+. The largest absolute Gasteiger partial charge is 0.354 e. The van der Waals surface area contributed by atoms with Gasteiger partial charge in [0.05, 0.1) is 31.9 Å². The Morgan fingerprint density at radius 2 is 2.09 bits per heavy atom. The van der Waals surface area contributed by atoms with Crippen LogP contribution in [-0.2, 0) is 24.3 Å². The van der Waals surface area contributed by atoms with Gasteiger partial charge in [-0.2, -0.15) is 0 Å². The van der Waals surface area contributed by atoms with Gasteiger partial charge in [0.1, 0.15) is 18.1 Å². The Balaban J connectivity index is 1.63. The molecule has 178 valence electrons. The van der Waals surface area contributed by atoms with Crippen molar-refractivity contribution in [2.45, 2.75) is 38.4 Å². The predicted molar refractivity (Wildman–Crippen MR) is 124 cm³/mol. The van der Waals surface area contributed by atoms with Gasteiger partial charge in [-0.1, -0.05) is 12.1 Å². The highest BCUT2D eigenvalue weighted by molar-refractivity contribution is 6.00. The van der Waals surface area contributed by atoms with Gasteiger partial charge in [-0.05, 0) is 29.7 Å². The summed E-state index contributed by atoms with van der Waals surface area (Å²) in [6.45, 7) is 2.26. The van der Waals surface area contributed by atoms with E-state index in [9.17, 15) is 19.2 Å². The maximum Gasteiger partial charge on any atom is 0.296 e. The second kappa shape index (κ2) is 8.48. The van der Waals surface area contributed by atoms with Gasteiger partial charge in [0, 0.05) is 43.6 Å². The van der Waals surface area contributed by atoms with Crippen molar-refractivity contribution in [2.75, 3.05) is 27.2 Å². The summed E-state index contributed by atoms with van der Waals surface area (Å²) < 4.78 is 16.1. The van der Waals surface area contributed by atoms with Gasteiger partial charge in [-0.3, -0.25) is 14.8 Å². The summed E-state index contributed by atoms with van der Waals surface area (Å²) >= 11 is 0. The molecule has 2 aliphatic rings. The minimum absolute atomic E-state index is 0.0462. The van der Waals surface area contributed by atoms with E-state index in [2.05, 4.69) is 28.1 Å². The molecule has 1 unspecified atom stereocenters. The Bertz CT molecular complexity index is 1270. The average molecular weight is 467 g/mol. The normalized spacial score (nSPS) is 22.3. The SMILES string of the molecule is CNC(=O)[C@@H]1CCC[N+]1(C)Cc1cn(Cc2ccc(F)cc2)c2cnc3c(c12)CCN(O)C3=O. The zero-order chi connectivity index (χ0) is 24.0. The molecule has 1 saturated heterocycles. The molecule has 2 aromatic heterocycles. The monoisotopic (exact) mass is 466 g/mol. The van der Waals surface area contributed by atoms with E-state index in [0.717, 1.165) is 47.0 Å². The summed E-state index contributed by atoms with van der Waals surface area (Å²) in [5.74, 6) is -0.730. The number of halogens is 1. The molecule has 0 spiro atoms. The first kappa shape index (κ1) is 22.5. The number of quaternary nitrogens is 1. The summed E-state index contributed by atoms with van der Waals surface area (Å²) in [5.41, 5.74) is 4.00. The minimum atomic E-state index is -0.495. The fraction of sp³-hybridized carbons (Fsp3) is 0.400. The van der Waals surface area contributed by atoms with Crippen molar-refractivity contribution in [3.63, 3.8) is 0 Å². The second-order valence-corrected chi connectivity index (χ2v) is 9.57. The first-order chi connectivity index (χ1) is 16.3. The van der Waals surface area contributed by atoms with Gasteiger partial charge in [0.2, 0.25) is 0 Å². The van der Waals surface area contributed by atoms with Gasteiger partial charge in [0.25, 0.3) is 11.8 Å². The van der Waals surface area contributed by atoms with Crippen LogP contribution in [0, 0.1) is 5.82 Å². The Labute approximate surface area is 197 Å². The molecule has 2 amide bonds. The second-order valence-electron chi connectivity index (χ2n) is 9.57. The lowest BCUT2D eigenvalue weighted by molar-refractivity contribution is -0.925. The lowest BCUT2D eigenvalue weighted by atomic mass is 9.98. The van der Waals surface area contributed by atoms with Gasteiger partial charge in [0.15, 0.2) is 6.04 Å². The van der Waals surface area contributed by atoms with E-state index in [0.29, 0.717) is 29.1 Å². The number of likely N-dealkylation sites (N-methyl/N-ethyl adjacent to an activating group) is 2. The molecule has 1 aromatic carbocycles. The van der Waals surface area contributed by atoms with E-state index >= 15 is 0 Å². The Morgan fingerprint density at radius 3 is 2.82 bits per heavy atom. The predicted octanol–water partition coefficient (Wildman–Crippen LogP) is 2.47. The van der Waals surface area contributed by atoms with Crippen LogP contribution in [0.5, 0.6) is 0 Å². The van der Waals surface area contributed by atoms with Crippen molar-refractivity contribution in [2.24, 2.45) is 0 Å². The molecule has 0 radical (unpaired) electrons. The van der Waals surface area contributed by atoms with Crippen LogP contribution in [0.15, 0.2) is 36.7 Å². The van der Waals surface area contributed by atoms with E-state index in [1.54, 1.807) is 25.4 Å². The van der Waals surface area contributed by atoms with Crippen molar-refractivity contribution >= 4 is 22.7 Å². The molecule has 2 atom stereocenters. The molecule has 9 heteroatoms. The highest BCUT2D eigenvalue weighted by Crippen LogP contribution is 2.35. The van der Waals surface area contributed by atoms with Gasteiger partial charge < -0.3 is 14.4 Å². The number of rotatable bonds is 5. The smallest absolute Gasteiger partial charge is 0.296 e. The van der Waals surface area contributed by atoms with E-state index in [1.165, 1.54) is 12.1 Å². The van der Waals surface area contributed by atoms with E-state index in [-0.39, 0.29) is 30.0 Å². The number of aromatic nitrogens is 2. The van der Waals surface area contributed by atoms with Crippen LogP contribution in [0.25, 0.3) is 10.9 Å². The summed E-state index contributed by atoms with van der Waals surface area (Å²) in [6.07, 6.45) is 6.06. The first-order valence-corrected chi connectivity index (χ1v) is 11.6. The zero-order valence-corrected chi connectivity index (χ0v) is 19.4. The highest BCUT2D eigenvalue weighted by Gasteiger charge is 2.43. The highest BCUT2D eigenvalue weighted by atomic mass is 19.1. The third kappa shape index (κ3) is 3.74. The molecule has 1 fully saturated rings. The fourth-order valence-corrected chi connectivity index (χ4v) is 5.62. The topological polar surface area (TPSA) is 87.5 Å². The standard InChI is InChI=1S/C25H28FN5O3/c1-27-24(32)21-4-3-11-31(21,2)15-17-14-29(13-16-5-7-18(26)8-6-16)20-12-28-23-19(22(17)20)9-10-30(34)25(23)33/h5-8,12,14,21,34H,3-4,9-11,13,15H2,1-2H3/p+1/t21-,31?/m0/s1. The molecule has 34 heavy (non-hydrogen) atoms. The summed E-state index contributed by atoms with van der Waals surface area (Å²) in [4.78, 5) is 29.6. The van der Waals surface area contributed by atoms with Crippen molar-refractivity contribution in [3.05, 3.63) is 64.9 Å². The number of pyridine rings is 1. The van der Waals surface area contributed by atoms with E-state index in [4.69, 9.17) is 0 Å². The van der Waals surface area contributed by atoms with Crippen LogP contribution in [0.2, 0.25) is 0 Å². The number of amides is 2. The van der Waals surface area contributed by atoms with Crippen molar-refractivity contribution in [3.8, 4) is 0 Å². The van der Waals surface area contributed by atoms with Crippen LogP contribution in [0.3, 0.4) is 0 Å². The molecule has 4 heterocycles. The first-order valence-electron chi connectivity index (χ1n) is 11.6. The number of hydrogen-bond acceptors (Lipinski definition) is 4. The van der Waals surface area contributed by atoms with Crippen LogP contribution >= 0.6 is 0 Å². The number of likely N-dealkylation sites (tertiary alicyclic amines) is 1.